The normalized spacial score (nSPS) is 8.50. The van der Waals surface area contributed by atoms with E-state index in [-0.39, 0.29) is 15.8 Å². The van der Waals surface area contributed by atoms with Gasteiger partial charge >= 0.3 is 27.7 Å². The van der Waals surface area contributed by atoms with Crippen LogP contribution >= 0.6 is 25.4 Å². The van der Waals surface area contributed by atoms with E-state index in [1.54, 1.807) is 0 Å². The molecule has 0 aromatic rings. The summed E-state index contributed by atoms with van der Waals surface area (Å²) in [6.07, 6.45) is 8.74. The Morgan fingerprint density at radius 2 is 0.778 bits per heavy atom. The molecule has 0 saturated heterocycles. The molecule has 0 spiro atoms. The van der Waals surface area contributed by atoms with Crippen molar-refractivity contribution in [3.8, 4) is 0 Å². The third kappa shape index (κ3) is 26.0. The molecule has 114 valence electrons. The van der Waals surface area contributed by atoms with Crippen LogP contribution in [0, 0.1) is 11.8 Å². The summed E-state index contributed by atoms with van der Waals surface area (Å²) in [5.74, 6) is 0. The monoisotopic (exact) mass is 405 g/mol. The van der Waals surface area contributed by atoms with Gasteiger partial charge in [-0.25, -0.2) is 0 Å². The van der Waals surface area contributed by atoms with Crippen molar-refractivity contribution in [3.63, 3.8) is 0 Å². The predicted octanol–water partition coefficient (Wildman–Crippen LogP) is 5.30. The molecule has 0 rings (SSSR count). The van der Waals surface area contributed by atoms with Crippen molar-refractivity contribution in [3.05, 3.63) is 6.57 Å². The van der Waals surface area contributed by atoms with Gasteiger partial charge in [0.15, 0.2) is 0 Å². The summed E-state index contributed by atoms with van der Waals surface area (Å²) in [6.45, 7) is 18.6. The second kappa shape index (κ2) is 31.0. The molecular weight excluding hydrogens is 374 g/mol. The van der Waals surface area contributed by atoms with Crippen LogP contribution < -0.4 is 0 Å². The number of halogens is 1. The van der Waals surface area contributed by atoms with Crippen molar-refractivity contribution >= 4 is 25.4 Å². The van der Waals surface area contributed by atoms with Crippen LogP contribution in [0.5, 0.6) is 0 Å². The Kier molecular flexibility index (Phi) is 47.5. The van der Waals surface area contributed by atoms with Gasteiger partial charge in [0.1, 0.15) is 0 Å². The summed E-state index contributed by atoms with van der Waals surface area (Å²) in [7, 11) is 4.76. The Hall–Kier alpha value is 1.30. The summed E-state index contributed by atoms with van der Waals surface area (Å²) in [4.78, 5) is 0. The first kappa shape index (κ1) is 27.6. The van der Waals surface area contributed by atoms with Gasteiger partial charge in [0.25, 0.3) is 0 Å². The second-order valence-corrected chi connectivity index (χ2v) is 10.9. The number of hydrogen-bond donors (Lipinski definition) is 0. The molecule has 0 aromatic heterocycles. The van der Waals surface area contributed by atoms with Gasteiger partial charge in [-0.05, 0) is 57.4 Å². The minimum absolute atomic E-state index is 0.137. The zero-order valence-corrected chi connectivity index (χ0v) is 17.2. The Balaban J connectivity index is -0.0000000851. The molecule has 0 atom stereocenters. The molecular formula is C13H32ClNP2Pd+2. The van der Waals surface area contributed by atoms with Crippen molar-refractivity contribution in [2.45, 2.75) is 41.5 Å². The van der Waals surface area contributed by atoms with Gasteiger partial charge in [-0.2, -0.15) is 0 Å². The van der Waals surface area contributed by atoms with Gasteiger partial charge < -0.3 is 11.8 Å². The topological polar surface area (TPSA) is 23.8 Å². The molecule has 0 aliphatic carbocycles. The molecule has 0 aromatic carbocycles. The van der Waals surface area contributed by atoms with Crippen LogP contribution in [-0.4, -0.2) is 37.0 Å². The molecule has 0 amide bonds. The standard InChI is InChI=1S/2C6H15P.CN.ClH.Pd/c2*1-4-7(5-2)6-3;1-2;;/h2*4-6H2,1-3H3;;1H;/q;;-1;;+2/p+1. The van der Waals surface area contributed by atoms with E-state index in [4.69, 9.17) is 11.8 Å². The van der Waals surface area contributed by atoms with E-state index in [9.17, 15) is 0 Å². The third-order valence-electron chi connectivity index (χ3n) is 3.00. The van der Waals surface area contributed by atoms with E-state index in [0.29, 0.717) is 0 Å². The second-order valence-electron chi connectivity index (χ2n) is 3.62. The van der Waals surface area contributed by atoms with Crippen LogP contribution in [0.2, 0.25) is 0 Å². The van der Waals surface area contributed by atoms with Gasteiger partial charge in [-0.15, -0.1) is 0 Å². The van der Waals surface area contributed by atoms with Crippen LogP contribution in [0.4, 0.5) is 0 Å². The quantitative estimate of drug-likeness (QED) is 0.334. The minimum atomic E-state index is 0.137. The molecule has 0 saturated carbocycles. The van der Waals surface area contributed by atoms with Gasteiger partial charge in [0, 0.05) is 0 Å². The molecule has 5 heteroatoms. The molecule has 18 heavy (non-hydrogen) atoms. The molecule has 0 unspecified atom stereocenters. The first-order valence-corrected chi connectivity index (χ1v) is 13.0. The average molecular weight is 406 g/mol. The van der Waals surface area contributed by atoms with Gasteiger partial charge in [-0.3, -0.25) is 0 Å². The van der Waals surface area contributed by atoms with Crippen LogP contribution in [0.3, 0.4) is 0 Å². The molecule has 0 radical (unpaired) electrons. The van der Waals surface area contributed by atoms with Crippen molar-refractivity contribution in [1.29, 1.82) is 5.26 Å². The van der Waals surface area contributed by atoms with Crippen molar-refractivity contribution in [1.82, 2.24) is 0 Å². The van der Waals surface area contributed by atoms with Crippen molar-refractivity contribution in [2.24, 2.45) is 0 Å². The van der Waals surface area contributed by atoms with E-state index in [1.165, 1.54) is 37.0 Å². The van der Waals surface area contributed by atoms with E-state index < -0.39 is 0 Å². The molecule has 0 heterocycles. The molecule has 0 fully saturated rings. The Labute approximate surface area is 133 Å². The van der Waals surface area contributed by atoms with E-state index in [0.717, 1.165) is 0 Å². The van der Waals surface area contributed by atoms with Crippen molar-refractivity contribution < 1.29 is 18.2 Å². The average Bonchev–Trinajstić information content (AvgIpc) is 2.48. The van der Waals surface area contributed by atoms with Crippen LogP contribution in [0.25, 0.3) is 0 Å². The van der Waals surface area contributed by atoms with Gasteiger partial charge in [0.05, 0.1) is 37.0 Å². The predicted molar refractivity (Wildman–Crippen MR) is 90.7 cm³/mol. The summed E-state index contributed by atoms with van der Waals surface area (Å²) >= 11 is 2.22. The van der Waals surface area contributed by atoms with E-state index in [2.05, 4.69) is 69.3 Å². The summed E-state index contributed by atoms with van der Waals surface area (Å²) in [5, 5.41) is 6.25. The van der Waals surface area contributed by atoms with Crippen LogP contribution in [0.15, 0.2) is 0 Å². The van der Waals surface area contributed by atoms with Gasteiger partial charge in [-0.1, -0.05) is 0 Å². The fraction of sp³-hybridized carbons (Fsp3) is 0.923. The Morgan fingerprint density at radius 1 is 0.667 bits per heavy atom. The number of rotatable bonds is 6. The zero-order chi connectivity index (χ0) is 15.4. The molecule has 0 N–H and O–H groups in total. The number of nitrogens with zero attached hydrogens (tertiary/aromatic N) is 1. The summed E-state index contributed by atoms with van der Waals surface area (Å²) in [6, 6.07) is 0. The summed E-state index contributed by atoms with van der Waals surface area (Å²) in [5.41, 5.74) is 0. The number of hydrogen-bond acceptors (Lipinski definition) is 1. The maximum atomic E-state index is 6.25. The molecule has 0 aliphatic rings. The van der Waals surface area contributed by atoms with E-state index >= 15 is 0 Å². The Bertz CT molecular complexity index is 106. The third-order valence-corrected chi connectivity index (χ3v) is 9.00. The molecule has 1 nitrogen and oxygen atoms in total. The molecule has 0 aliphatic heterocycles. The maximum absolute atomic E-state index is 6.25. The fourth-order valence-corrected chi connectivity index (χ4v) is 4.50. The Morgan fingerprint density at radius 3 is 0.778 bits per heavy atom. The molecule has 0 bridgehead atoms. The SMILES string of the molecule is CC[PH+](CC)CC.CC[PH+](CC)CC.[C-]#N.[Cl][Pd+]. The fourth-order valence-electron chi connectivity index (χ4n) is 1.50. The van der Waals surface area contributed by atoms with E-state index in [1.807, 2.05) is 0 Å². The van der Waals surface area contributed by atoms with Gasteiger partial charge in [0.2, 0.25) is 0 Å². The van der Waals surface area contributed by atoms with Crippen molar-refractivity contribution in [2.75, 3.05) is 37.0 Å². The summed E-state index contributed by atoms with van der Waals surface area (Å²) < 4.78 is 0. The van der Waals surface area contributed by atoms with Crippen LogP contribution in [0.1, 0.15) is 41.5 Å². The zero-order valence-electron chi connectivity index (χ0n) is 12.9. The first-order valence-electron chi connectivity index (χ1n) is 6.71. The van der Waals surface area contributed by atoms with Crippen LogP contribution in [-0.2, 0) is 18.2 Å². The first-order chi connectivity index (χ1) is 8.69.